The average Bonchev–Trinajstić information content (AvgIpc) is 2.80. The predicted octanol–water partition coefficient (Wildman–Crippen LogP) is 1.31. The molecule has 1 amide bonds. The monoisotopic (exact) mass is 282 g/mol. The molecule has 2 N–H and O–H groups in total. The van der Waals surface area contributed by atoms with Gasteiger partial charge >= 0.3 is 0 Å². The van der Waals surface area contributed by atoms with Crippen LogP contribution in [-0.2, 0) is 4.79 Å². The Hall–Kier alpha value is -1.14. The van der Waals surface area contributed by atoms with Crippen molar-refractivity contribution >= 4 is 22.4 Å². The van der Waals surface area contributed by atoms with E-state index in [-0.39, 0.29) is 11.9 Å². The van der Waals surface area contributed by atoms with Crippen LogP contribution in [0, 0.1) is 0 Å². The maximum Gasteiger partial charge on any atom is 0.222 e. The number of rotatable bonds is 4. The number of carbonyl (C=O) groups is 1. The van der Waals surface area contributed by atoms with E-state index < -0.39 is 0 Å². The fraction of sp³-hybridized carbons (Fsp3) is 0.692. The summed E-state index contributed by atoms with van der Waals surface area (Å²) in [4.78, 5) is 20.7. The zero-order chi connectivity index (χ0) is 13.7. The molecule has 106 valence electrons. The van der Waals surface area contributed by atoms with Crippen LogP contribution in [0.4, 0.5) is 5.13 Å². The third-order valence-corrected chi connectivity index (χ3v) is 4.18. The molecule has 1 fully saturated rings. The van der Waals surface area contributed by atoms with Crippen molar-refractivity contribution in [3.8, 4) is 0 Å². The molecule has 0 aliphatic carbocycles. The van der Waals surface area contributed by atoms with E-state index in [1.807, 2.05) is 23.4 Å². The molecule has 0 spiro atoms. The summed E-state index contributed by atoms with van der Waals surface area (Å²) in [5.41, 5.74) is 5.70. The van der Waals surface area contributed by atoms with Gasteiger partial charge in [-0.3, -0.25) is 4.79 Å². The third kappa shape index (κ3) is 4.18. The zero-order valence-corrected chi connectivity index (χ0v) is 12.2. The van der Waals surface area contributed by atoms with Gasteiger partial charge in [0, 0.05) is 50.2 Å². The summed E-state index contributed by atoms with van der Waals surface area (Å²) in [5, 5.41) is 3.05. The number of carbonyl (C=O) groups excluding carboxylic acids is 1. The van der Waals surface area contributed by atoms with Crippen molar-refractivity contribution in [1.82, 2.24) is 9.88 Å². The van der Waals surface area contributed by atoms with Gasteiger partial charge in [0.05, 0.1) is 0 Å². The van der Waals surface area contributed by atoms with Crippen LogP contribution < -0.4 is 10.6 Å². The molecule has 0 radical (unpaired) electrons. The minimum Gasteiger partial charge on any atom is -0.346 e. The summed E-state index contributed by atoms with van der Waals surface area (Å²) in [6, 6.07) is 0.0998. The SMILES string of the molecule is CC(N)CCC(=O)N1CCCN(c2nccs2)CC1. The van der Waals surface area contributed by atoms with Gasteiger partial charge in [0.1, 0.15) is 0 Å². The van der Waals surface area contributed by atoms with Gasteiger partial charge in [0.2, 0.25) is 5.91 Å². The summed E-state index contributed by atoms with van der Waals surface area (Å²) in [7, 11) is 0. The summed E-state index contributed by atoms with van der Waals surface area (Å²) in [5.74, 6) is 0.235. The van der Waals surface area contributed by atoms with E-state index in [1.165, 1.54) is 0 Å². The summed E-state index contributed by atoms with van der Waals surface area (Å²) >= 11 is 1.66. The molecule has 5 nitrogen and oxygen atoms in total. The van der Waals surface area contributed by atoms with E-state index in [0.29, 0.717) is 6.42 Å². The van der Waals surface area contributed by atoms with Crippen LogP contribution in [0.2, 0.25) is 0 Å². The Kier molecular flexibility index (Phi) is 5.15. The molecular weight excluding hydrogens is 260 g/mol. The molecule has 6 heteroatoms. The number of thiazole rings is 1. The molecule has 1 saturated heterocycles. The second kappa shape index (κ2) is 6.86. The second-order valence-electron chi connectivity index (χ2n) is 5.05. The Balaban J connectivity index is 1.84. The van der Waals surface area contributed by atoms with Gasteiger partial charge in [-0.1, -0.05) is 0 Å². The molecule has 2 rings (SSSR count). The maximum absolute atomic E-state index is 12.1. The number of amides is 1. The minimum atomic E-state index is 0.0998. The Morgan fingerprint density at radius 2 is 2.32 bits per heavy atom. The van der Waals surface area contributed by atoms with Crippen LogP contribution in [0.3, 0.4) is 0 Å². The highest BCUT2D eigenvalue weighted by atomic mass is 32.1. The Labute approximate surface area is 118 Å². The van der Waals surface area contributed by atoms with E-state index in [9.17, 15) is 4.79 Å². The molecular formula is C13H22N4OS. The first-order valence-corrected chi connectivity index (χ1v) is 7.72. The number of anilines is 1. The Morgan fingerprint density at radius 1 is 1.47 bits per heavy atom. The zero-order valence-electron chi connectivity index (χ0n) is 11.4. The van der Waals surface area contributed by atoms with E-state index in [0.717, 1.165) is 44.2 Å². The number of hydrogen-bond donors (Lipinski definition) is 1. The molecule has 0 aromatic carbocycles. The molecule has 0 saturated carbocycles. The summed E-state index contributed by atoms with van der Waals surface area (Å²) in [6.07, 6.45) is 4.17. The lowest BCUT2D eigenvalue weighted by Gasteiger charge is -2.22. The quantitative estimate of drug-likeness (QED) is 0.904. The van der Waals surface area contributed by atoms with Gasteiger partial charge < -0.3 is 15.5 Å². The van der Waals surface area contributed by atoms with Gasteiger partial charge in [-0.2, -0.15) is 0 Å². The van der Waals surface area contributed by atoms with Crippen molar-refractivity contribution in [3.05, 3.63) is 11.6 Å². The lowest BCUT2D eigenvalue weighted by Crippen LogP contribution is -2.35. The standard InChI is InChI=1S/C13H22N4OS/c1-11(14)3-4-12(18)16-6-2-7-17(9-8-16)13-15-5-10-19-13/h5,10-11H,2-4,6-9,14H2,1H3. The predicted molar refractivity (Wildman–Crippen MR) is 78.4 cm³/mol. The van der Waals surface area contributed by atoms with Crippen molar-refractivity contribution in [2.45, 2.75) is 32.2 Å². The van der Waals surface area contributed by atoms with Crippen molar-refractivity contribution in [2.24, 2.45) is 5.73 Å². The first-order valence-electron chi connectivity index (χ1n) is 6.84. The third-order valence-electron chi connectivity index (χ3n) is 3.35. The number of nitrogens with two attached hydrogens (primary N) is 1. The Morgan fingerprint density at radius 3 is 3.00 bits per heavy atom. The lowest BCUT2D eigenvalue weighted by atomic mass is 10.2. The number of nitrogens with zero attached hydrogens (tertiary/aromatic N) is 3. The van der Waals surface area contributed by atoms with Gasteiger partial charge in [-0.05, 0) is 19.8 Å². The van der Waals surface area contributed by atoms with Crippen LogP contribution in [0.1, 0.15) is 26.2 Å². The second-order valence-corrected chi connectivity index (χ2v) is 5.93. The van der Waals surface area contributed by atoms with Crippen molar-refractivity contribution in [2.75, 3.05) is 31.1 Å². The number of aromatic nitrogens is 1. The molecule has 1 aromatic rings. The molecule has 0 bridgehead atoms. The minimum absolute atomic E-state index is 0.0998. The fourth-order valence-electron chi connectivity index (χ4n) is 2.24. The Bertz CT molecular complexity index is 393. The first kappa shape index (κ1) is 14.3. The first-order chi connectivity index (χ1) is 9.16. The molecule has 19 heavy (non-hydrogen) atoms. The number of hydrogen-bond acceptors (Lipinski definition) is 5. The van der Waals surface area contributed by atoms with Crippen LogP contribution in [0.25, 0.3) is 0 Å². The topological polar surface area (TPSA) is 62.5 Å². The van der Waals surface area contributed by atoms with E-state index in [2.05, 4.69) is 9.88 Å². The van der Waals surface area contributed by atoms with Crippen molar-refractivity contribution < 1.29 is 4.79 Å². The maximum atomic E-state index is 12.1. The summed E-state index contributed by atoms with van der Waals surface area (Å²) < 4.78 is 0. The highest BCUT2D eigenvalue weighted by molar-refractivity contribution is 7.13. The lowest BCUT2D eigenvalue weighted by molar-refractivity contribution is -0.131. The molecule has 1 unspecified atom stereocenters. The molecule has 2 heterocycles. The van der Waals surface area contributed by atoms with Crippen LogP contribution in [0.5, 0.6) is 0 Å². The normalized spacial score (nSPS) is 18.2. The molecule has 1 aliphatic rings. The van der Waals surface area contributed by atoms with Gasteiger partial charge in [0.25, 0.3) is 0 Å². The van der Waals surface area contributed by atoms with Crippen LogP contribution in [-0.4, -0.2) is 48.0 Å². The highest BCUT2D eigenvalue weighted by Gasteiger charge is 2.20. The molecule has 1 atom stereocenters. The fourth-order valence-corrected chi connectivity index (χ4v) is 2.94. The van der Waals surface area contributed by atoms with E-state index in [4.69, 9.17) is 5.73 Å². The largest absolute Gasteiger partial charge is 0.346 e. The van der Waals surface area contributed by atoms with Crippen LogP contribution in [0.15, 0.2) is 11.6 Å². The average molecular weight is 282 g/mol. The molecule has 1 aromatic heterocycles. The highest BCUT2D eigenvalue weighted by Crippen LogP contribution is 2.19. The smallest absolute Gasteiger partial charge is 0.222 e. The van der Waals surface area contributed by atoms with Gasteiger partial charge in [-0.15, -0.1) is 11.3 Å². The van der Waals surface area contributed by atoms with Crippen molar-refractivity contribution in [3.63, 3.8) is 0 Å². The van der Waals surface area contributed by atoms with Gasteiger partial charge in [0.15, 0.2) is 5.13 Å². The summed E-state index contributed by atoms with van der Waals surface area (Å²) in [6.45, 7) is 5.43. The van der Waals surface area contributed by atoms with E-state index >= 15 is 0 Å². The van der Waals surface area contributed by atoms with E-state index in [1.54, 1.807) is 11.3 Å². The molecule has 1 aliphatic heterocycles. The van der Waals surface area contributed by atoms with Gasteiger partial charge in [-0.25, -0.2) is 4.98 Å². The van der Waals surface area contributed by atoms with Crippen molar-refractivity contribution in [1.29, 1.82) is 0 Å². The van der Waals surface area contributed by atoms with Crippen LogP contribution >= 0.6 is 11.3 Å².